The molecule has 2 aromatic rings. The normalized spacial score (nSPS) is 10.8. The van der Waals surface area contributed by atoms with Crippen LogP contribution in [0.5, 0.6) is 0 Å². The highest BCUT2D eigenvalue weighted by atomic mass is 32.1. The summed E-state index contributed by atoms with van der Waals surface area (Å²) >= 11 is 1.75. The van der Waals surface area contributed by atoms with E-state index in [1.54, 1.807) is 11.3 Å². The van der Waals surface area contributed by atoms with Gasteiger partial charge in [0, 0.05) is 29.5 Å². The molecule has 0 aliphatic carbocycles. The Morgan fingerprint density at radius 1 is 1.16 bits per heavy atom. The minimum absolute atomic E-state index is 0.131. The molecule has 0 fully saturated rings. The number of ether oxygens (including phenoxy) is 1. The Morgan fingerprint density at radius 3 is 2.64 bits per heavy atom. The van der Waals surface area contributed by atoms with E-state index in [9.17, 15) is 4.79 Å². The van der Waals surface area contributed by atoms with Gasteiger partial charge >= 0.3 is 0 Å². The maximum atomic E-state index is 12.7. The maximum absolute atomic E-state index is 12.7. The quantitative estimate of drug-likeness (QED) is 0.623. The smallest absolute Gasteiger partial charge is 0.237 e. The molecule has 5 heteroatoms. The van der Waals surface area contributed by atoms with Crippen LogP contribution in [0.15, 0.2) is 42.5 Å². The van der Waals surface area contributed by atoms with Crippen molar-refractivity contribution in [2.24, 2.45) is 0 Å². The van der Waals surface area contributed by atoms with Crippen LogP contribution in [0.1, 0.15) is 28.7 Å². The number of carbonyl (C=O) groups is 1. The number of benzene rings is 1. The average Bonchev–Trinajstić information content (AvgIpc) is 3.03. The zero-order valence-electron chi connectivity index (χ0n) is 15.2. The third-order valence-electron chi connectivity index (χ3n) is 3.83. The van der Waals surface area contributed by atoms with Crippen LogP contribution in [0.3, 0.4) is 0 Å². The number of thiophene rings is 1. The number of amides is 1. The fourth-order valence-corrected chi connectivity index (χ4v) is 3.45. The minimum atomic E-state index is 0.131. The van der Waals surface area contributed by atoms with E-state index in [-0.39, 0.29) is 5.91 Å². The maximum Gasteiger partial charge on any atom is 0.237 e. The van der Waals surface area contributed by atoms with E-state index in [0.29, 0.717) is 19.6 Å². The molecule has 1 aromatic carbocycles. The molecule has 0 saturated heterocycles. The molecular weight excluding hydrogens is 332 g/mol. The van der Waals surface area contributed by atoms with Crippen molar-refractivity contribution in [3.05, 3.63) is 57.8 Å². The average molecular weight is 361 g/mol. The van der Waals surface area contributed by atoms with E-state index >= 15 is 0 Å². The van der Waals surface area contributed by atoms with Crippen LogP contribution in [-0.2, 0) is 22.6 Å². The summed E-state index contributed by atoms with van der Waals surface area (Å²) < 4.78 is 5.31. The molecule has 0 bridgehead atoms. The number of nitrogens with zero attached hydrogens (tertiary/aromatic N) is 1. The Bertz CT molecular complexity index is 628. The first-order valence-corrected chi connectivity index (χ1v) is 9.66. The van der Waals surface area contributed by atoms with Crippen LogP contribution in [0.4, 0.5) is 0 Å². The van der Waals surface area contributed by atoms with Gasteiger partial charge in [-0.05, 0) is 44.5 Å². The second kappa shape index (κ2) is 11.0. The highest BCUT2D eigenvalue weighted by molar-refractivity contribution is 7.11. The van der Waals surface area contributed by atoms with Crippen LogP contribution in [0, 0.1) is 6.92 Å². The molecule has 0 atom stereocenters. The van der Waals surface area contributed by atoms with Crippen molar-refractivity contribution in [3.8, 4) is 0 Å². The molecular formula is C20H28N2O2S. The number of carbonyl (C=O) groups excluding carboxylic acids is 1. The number of aryl methyl sites for hydroxylation is 1. The Labute approximate surface area is 154 Å². The van der Waals surface area contributed by atoms with Gasteiger partial charge in [0.25, 0.3) is 0 Å². The molecule has 0 aliphatic rings. The lowest BCUT2D eigenvalue weighted by molar-refractivity contribution is -0.131. The van der Waals surface area contributed by atoms with Crippen molar-refractivity contribution in [3.63, 3.8) is 0 Å². The molecule has 25 heavy (non-hydrogen) atoms. The van der Waals surface area contributed by atoms with Gasteiger partial charge in [-0.1, -0.05) is 30.3 Å². The van der Waals surface area contributed by atoms with E-state index in [1.807, 2.05) is 30.0 Å². The standard InChI is InChI=1S/C20H28N2O2S/c1-3-24-13-7-12-21-14-20(23)22(15-18-8-5-4-6-9-18)16-19-11-10-17(2)25-19/h4-6,8-11,21H,3,7,12-16H2,1-2H3. The fourth-order valence-electron chi connectivity index (χ4n) is 2.54. The first kappa shape index (κ1) is 19.6. The molecule has 136 valence electrons. The van der Waals surface area contributed by atoms with Gasteiger partial charge in [0.2, 0.25) is 5.91 Å². The van der Waals surface area contributed by atoms with Crippen molar-refractivity contribution in [1.29, 1.82) is 0 Å². The zero-order valence-corrected chi connectivity index (χ0v) is 16.0. The predicted molar refractivity (Wildman–Crippen MR) is 104 cm³/mol. The summed E-state index contributed by atoms with van der Waals surface area (Å²) in [6.07, 6.45) is 0.921. The summed E-state index contributed by atoms with van der Waals surface area (Å²) in [5.74, 6) is 0.131. The third-order valence-corrected chi connectivity index (χ3v) is 4.82. The third kappa shape index (κ3) is 7.38. The van der Waals surface area contributed by atoms with Gasteiger partial charge in [0.05, 0.1) is 13.1 Å². The second-order valence-corrected chi connectivity index (χ2v) is 7.35. The number of nitrogens with one attached hydrogen (secondary N) is 1. The second-order valence-electron chi connectivity index (χ2n) is 5.98. The zero-order chi connectivity index (χ0) is 17.9. The Balaban J connectivity index is 1.89. The summed E-state index contributed by atoms with van der Waals surface area (Å²) in [7, 11) is 0. The summed E-state index contributed by atoms with van der Waals surface area (Å²) in [6.45, 7) is 8.02. The van der Waals surface area contributed by atoms with Gasteiger partial charge in [-0.3, -0.25) is 4.79 Å². The van der Waals surface area contributed by atoms with Gasteiger partial charge in [-0.15, -0.1) is 11.3 Å². The molecule has 2 rings (SSSR count). The molecule has 0 unspecified atom stereocenters. The van der Waals surface area contributed by atoms with Crippen LogP contribution < -0.4 is 5.32 Å². The molecule has 1 aromatic heterocycles. The van der Waals surface area contributed by atoms with Crippen molar-refractivity contribution in [2.45, 2.75) is 33.4 Å². The summed E-state index contributed by atoms with van der Waals surface area (Å²) in [5.41, 5.74) is 1.15. The summed E-state index contributed by atoms with van der Waals surface area (Å²) in [6, 6.07) is 14.4. The SMILES string of the molecule is CCOCCCNCC(=O)N(Cc1ccccc1)Cc1ccc(C)s1. The van der Waals surface area contributed by atoms with Crippen LogP contribution in [-0.4, -0.2) is 37.1 Å². The van der Waals surface area contributed by atoms with E-state index in [0.717, 1.165) is 31.7 Å². The van der Waals surface area contributed by atoms with Gasteiger partial charge in [0.15, 0.2) is 0 Å². The predicted octanol–water partition coefficient (Wildman–Crippen LogP) is 3.60. The summed E-state index contributed by atoms with van der Waals surface area (Å²) in [5, 5.41) is 3.23. The van der Waals surface area contributed by atoms with Crippen LogP contribution in [0.2, 0.25) is 0 Å². The fraction of sp³-hybridized carbons (Fsp3) is 0.450. The molecule has 4 nitrogen and oxygen atoms in total. The van der Waals surface area contributed by atoms with E-state index < -0.39 is 0 Å². The van der Waals surface area contributed by atoms with Crippen molar-refractivity contribution >= 4 is 17.2 Å². The molecule has 1 N–H and O–H groups in total. The van der Waals surface area contributed by atoms with Gasteiger partial charge in [-0.25, -0.2) is 0 Å². The highest BCUT2D eigenvalue weighted by Crippen LogP contribution is 2.18. The van der Waals surface area contributed by atoms with E-state index in [4.69, 9.17) is 4.74 Å². The first-order chi connectivity index (χ1) is 12.2. The first-order valence-electron chi connectivity index (χ1n) is 8.84. The van der Waals surface area contributed by atoms with Crippen molar-refractivity contribution in [1.82, 2.24) is 10.2 Å². The van der Waals surface area contributed by atoms with Gasteiger partial charge < -0.3 is 15.0 Å². The Kier molecular flexibility index (Phi) is 8.66. The van der Waals surface area contributed by atoms with Gasteiger partial charge in [0.1, 0.15) is 0 Å². The monoisotopic (exact) mass is 360 g/mol. The Morgan fingerprint density at radius 2 is 1.96 bits per heavy atom. The van der Waals surface area contributed by atoms with Crippen LogP contribution in [0.25, 0.3) is 0 Å². The summed E-state index contributed by atoms with van der Waals surface area (Å²) in [4.78, 5) is 17.1. The molecule has 0 saturated carbocycles. The molecule has 0 radical (unpaired) electrons. The molecule has 0 spiro atoms. The Hall–Kier alpha value is -1.69. The van der Waals surface area contributed by atoms with Crippen LogP contribution >= 0.6 is 11.3 Å². The largest absolute Gasteiger partial charge is 0.382 e. The lowest BCUT2D eigenvalue weighted by atomic mass is 10.2. The number of hydrogen-bond acceptors (Lipinski definition) is 4. The number of hydrogen-bond donors (Lipinski definition) is 1. The van der Waals surface area contributed by atoms with Crippen molar-refractivity contribution in [2.75, 3.05) is 26.3 Å². The van der Waals surface area contributed by atoms with E-state index in [2.05, 4.69) is 36.5 Å². The number of rotatable bonds is 11. The molecule has 1 heterocycles. The lowest BCUT2D eigenvalue weighted by Crippen LogP contribution is -2.37. The van der Waals surface area contributed by atoms with Crippen molar-refractivity contribution < 1.29 is 9.53 Å². The minimum Gasteiger partial charge on any atom is -0.382 e. The molecule has 0 aliphatic heterocycles. The topological polar surface area (TPSA) is 41.6 Å². The van der Waals surface area contributed by atoms with Gasteiger partial charge in [-0.2, -0.15) is 0 Å². The highest BCUT2D eigenvalue weighted by Gasteiger charge is 2.15. The molecule has 1 amide bonds. The van der Waals surface area contributed by atoms with E-state index in [1.165, 1.54) is 9.75 Å². The lowest BCUT2D eigenvalue weighted by Gasteiger charge is -2.22.